The number of hydrogen-bond acceptors (Lipinski definition) is 2. The van der Waals surface area contributed by atoms with Crippen LogP contribution in [0, 0.1) is 5.82 Å². The van der Waals surface area contributed by atoms with Gasteiger partial charge in [0.1, 0.15) is 11.4 Å². The largest absolute Gasteiger partial charge is 0.477 e. The monoisotopic (exact) mass is 221 g/mol. The molecule has 0 aliphatic heterocycles. The van der Waals surface area contributed by atoms with E-state index in [-0.39, 0.29) is 5.56 Å². The number of benzene rings is 1. The summed E-state index contributed by atoms with van der Waals surface area (Å²) in [5.74, 6) is -1.78. The minimum Gasteiger partial charge on any atom is -0.477 e. The second kappa shape index (κ2) is 3.44. The van der Waals surface area contributed by atoms with Gasteiger partial charge in [-0.3, -0.25) is 4.79 Å². The third kappa shape index (κ3) is 1.46. The fraction of sp³-hybridized carbons (Fsp3) is 0.0909. The van der Waals surface area contributed by atoms with Crippen LogP contribution < -0.4 is 5.56 Å². The van der Waals surface area contributed by atoms with Gasteiger partial charge < -0.3 is 9.67 Å². The van der Waals surface area contributed by atoms with Crippen LogP contribution in [0.2, 0.25) is 0 Å². The molecule has 0 amide bonds. The third-order valence-electron chi connectivity index (χ3n) is 2.42. The average Bonchev–Trinajstić information content (AvgIpc) is 2.22. The zero-order valence-corrected chi connectivity index (χ0v) is 8.40. The van der Waals surface area contributed by atoms with E-state index >= 15 is 0 Å². The molecule has 4 nitrogen and oxygen atoms in total. The lowest BCUT2D eigenvalue weighted by Crippen LogP contribution is -2.24. The molecule has 82 valence electrons. The summed E-state index contributed by atoms with van der Waals surface area (Å²) in [6.07, 6.45) is 0. The van der Waals surface area contributed by atoms with Gasteiger partial charge in [-0.2, -0.15) is 0 Å². The Labute approximate surface area is 89.6 Å². The van der Waals surface area contributed by atoms with Crippen molar-refractivity contribution in [1.82, 2.24) is 4.57 Å². The Morgan fingerprint density at radius 3 is 2.69 bits per heavy atom. The highest BCUT2D eigenvalue weighted by molar-refractivity contribution is 5.92. The number of nitrogens with zero attached hydrogens (tertiary/aromatic N) is 1. The molecule has 2 aromatic rings. The highest BCUT2D eigenvalue weighted by Gasteiger charge is 2.12. The number of aromatic nitrogens is 1. The molecule has 1 heterocycles. The van der Waals surface area contributed by atoms with Gasteiger partial charge in [0.25, 0.3) is 5.56 Å². The zero-order valence-electron chi connectivity index (χ0n) is 8.40. The van der Waals surface area contributed by atoms with E-state index < -0.39 is 17.3 Å². The van der Waals surface area contributed by atoms with Crippen molar-refractivity contribution in [3.63, 3.8) is 0 Å². The summed E-state index contributed by atoms with van der Waals surface area (Å²) in [4.78, 5) is 22.4. The van der Waals surface area contributed by atoms with E-state index in [0.29, 0.717) is 10.9 Å². The molecule has 1 N–H and O–H groups in total. The third-order valence-corrected chi connectivity index (χ3v) is 2.42. The van der Waals surface area contributed by atoms with E-state index in [2.05, 4.69) is 0 Å². The molecule has 0 atom stereocenters. The molecule has 16 heavy (non-hydrogen) atoms. The van der Waals surface area contributed by atoms with E-state index in [4.69, 9.17) is 5.11 Å². The Bertz CT molecular complexity index is 645. The summed E-state index contributed by atoms with van der Waals surface area (Å²) in [7, 11) is 1.45. The van der Waals surface area contributed by atoms with Crippen LogP contribution in [0.1, 0.15) is 10.4 Å². The maximum atomic E-state index is 13.0. The number of aromatic carboxylic acids is 1. The van der Waals surface area contributed by atoms with Crippen LogP contribution in [-0.4, -0.2) is 15.6 Å². The zero-order chi connectivity index (χ0) is 11.9. The van der Waals surface area contributed by atoms with Gasteiger partial charge in [0, 0.05) is 12.4 Å². The standard InChI is InChI=1S/C11H8FNO3/c1-13-9-3-2-7(12)4-6(9)5-8(10(13)14)11(15)16/h2-5H,1H3,(H,15,16). The van der Waals surface area contributed by atoms with Crippen LogP contribution in [0.15, 0.2) is 29.1 Å². The van der Waals surface area contributed by atoms with E-state index in [1.165, 1.54) is 35.9 Å². The molecule has 0 saturated heterocycles. The molecule has 0 unspecified atom stereocenters. The predicted octanol–water partition coefficient (Wildman–Crippen LogP) is 1.38. The van der Waals surface area contributed by atoms with Gasteiger partial charge in [-0.25, -0.2) is 9.18 Å². The maximum absolute atomic E-state index is 13.0. The summed E-state index contributed by atoms with van der Waals surface area (Å²) in [6.45, 7) is 0. The molecule has 0 spiro atoms. The Morgan fingerprint density at radius 1 is 1.38 bits per heavy atom. The number of pyridine rings is 1. The van der Waals surface area contributed by atoms with Crippen molar-refractivity contribution < 1.29 is 14.3 Å². The van der Waals surface area contributed by atoms with Crippen LogP contribution in [0.5, 0.6) is 0 Å². The minimum absolute atomic E-state index is 0.361. The van der Waals surface area contributed by atoms with E-state index in [0.717, 1.165) is 0 Å². The normalized spacial score (nSPS) is 10.6. The van der Waals surface area contributed by atoms with Crippen molar-refractivity contribution in [2.45, 2.75) is 0 Å². The summed E-state index contributed by atoms with van der Waals surface area (Å²) in [5.41, 5.74) is -0.469. The first-order valence-electron chi connectivity index (χ1n) is 4.53. The molecule has 2 rings (SSSR count). The van der Waals surface area contributed by atoms with Crippen LogP contribution in [-0.2, 0) is 7.05 Å². The summed E-state index contributed by atoms with van der Waals surface area (Å²) in [6, 6.07) is 5.05. The van der Waals surface area contributed by atoms with Crippen molar-refractivity contribution in [1.29, 1.82) is 0 Å². The lowest BCUT2D eigenvalue weighted by atomic mass is 10.1. The van der Waals surface area contributed by atoms with E-state index in [1.54, 1.807) is 0 Å². The van der Waals surface area contributed by atoms with Crippen molar-refractivity contribution in [2.75, 3.05) is 0 Å². The predicted molar refractivity (Wildman–Crippen MR) is 56.1 cm³/mol. The van der Waals surface area contributed by atoms with E-state index in [1.807, 2.05) is 0 Å². The number of rotatable bonds is 1. The molecule has 0 aliphatic rings. The SMILES string of the molecule is Cn1c(=O)c(C(=O)O)cc2cc(F)ccc21. The Balaban J connectivity index is 2.94. The van der Waals surface area contributed by atoms with E-state index in [9.17, 15) is 14.0 Å². The van der Waals surface area contributed by atoms with Gasteiger partial charge in [-0.1, -0.05) is 0 Å². The number of fused-ring (bicyclic) bond motifs is 1. The summed E-state index contributed by atoms with van der Waals surface area (Å²) >= 11 is 0. The fourth-order valence-electron chi connectivity index (χ4n) is 1.61. The Morgan fingerprint density at radius 2 is 2.06 bits per heavy atom. The highest BCUT2D eigenvalue weighted by Crippen LogP contribution is 2.14. The summed E-state index contributed by atoms with van der Waals surface area (Å²) in [5, 5.41) is 9.20. The lowest BCUT2D eigenvalue weighted by molar-refractivity contribution is 0.0694. The number of carboxylic acid groups (broad SMARTS) is 1. The second-order valence-electron chi connectivity index (χ2n) is 3.43. The van der Waals surface area contributed by atoms with Crippen LogP contribution in [0.4, 0.5) is 4.39 Å². The van der Waals surface area contributed by atoms with Crippen molar-refractivity contribution in [3.8, 4) is 0 Å². The summed E-state index contributed by atoms with van der Waals surface area (Å²) < 4.78 is 14.2. The molecular weight excluding hydrogens is 213 g/mol. The number of aryl methyl sites for hydroxylation is 1. The smallest absolute Gasteiger partial charge is 0.341 e. The van der Waals surface area contributed by atoms with Gasteiger partial charge in [-0.05, 0) is 24.3 Å². The van der Waals surface area contributed by atoms with Gasteiger partial charge >= 0.3 is 5.97 Å². The first kappa shape index (κ1) is 10.4. The molecule has 0 bridgehead atoms. The maximum Gasteiger partial charge on any atom is 0.341 e. The second-order valence-corrected chi connectivity index (χ2v) is 3.43. The molecule has 1 aromatic heterocycles. The molecule has 0 radical (unpaired) electrons. The highest BCUT2D eigenvalue weighted by atomic mass is 19.1. The van der Waals surface area contributed by atoms with Crippen molar-refractivity contribution in [3.05, 3.63) is 46.0 Å². The van der Waals surface area contributed by atoms with Crippen LogP contribution in [0.25, 0.3) is 10.9 Å². The van der Waals surface area contributed by atoms with Crippen LogP contribution in [0.3, 0.4) is 0 Å². The molecule has 1 aromatic carbocycles. The molecule has 0 aliphatic carbocycles. The Hall–Kier alpha value is -2.17. The van der Waals surface area contributed by atoms with Crippen molar-refractivity contribution >= 4 is 16.9 Å². The van der Waals surface area contributed by atoms with Gasteiger partial charge in [-0.15, -0.1) is 0 Å². The van der Waals surface area contributed by atoms with Crippen molar-refractivity contribution in [2.24, 2.45) is 7.05 Å². The first-order valence-corrected chi connectivity index (χ1v) is 4.53. The Kier molecular flexibility index (Phi) is 2.23. The average molecular weight is 221 g/mol. The molecule has 0 saturated carbocycles. The first-order chi connectivity index (χ1) is 7.50. The molecule has 0 fully saturated rings. The minimum atomic E-state index is -1.31. The number of halogens is 1. The number of carbonyl (C=O) groups is 1. The molecule has 5 heteroatoms. The topological polar surface area (TPSA) is 59.3 Å². The number of carboxylic acids is 1. The number of hydrogen-bond donors (Lipinski definition) is 1. The quantitative estimate of drug-likeness (QED) is 0.791. The van der Waals surface area contributed by atoms with Gasteiger partial charge in [0.2, 0.25) is 0 Å². The van der Waals surface area contributed by atoms with Gasteiger partial charge in [0.05, 0.1) is 5.52 Å². The lowest BCUT2D eigenvalue weighted by Gasteiger charge is -2.06. The van der Waals surface area contributed by atoms with Crippen LogP contribution >= 0.6 is 0 Å². The fourth-order valence-corrected chi connectivity index (χ4v) is 1.61. The van der Waals surface area contributed by atoms with Gasteiger partial charge in [0.15, 0.2) is 0 Å². The molecular formula is C11H8FNO3.